The van der Waals surface area contributed by atoms with E-state index in [-0.39, 0.29) is 0 Å². The van der Waals surface area contributed by atoms with Gasteiger partial charge in [-0.1, -0.05) is 0 Å². The van der Waals surface area contributed by atoms with Crippen LogP contribution in [0.4, 0.5) is 0 Å². The molecular weight excluding hydrogens is 230 g/mol. The van der Waals surface area contributed by atoms with Gasteiger partial charge in [-0.05, 0) is 46.6 Å². The number of thiazole rings is 1. The first-order valence-corrected chi connectivity index (χ1v) is 7.36. The molecule has 2 heterocycles. The predicted octanol–water partition coefficient (Wildman–Crippen LogP) is 2.38. The van der Waals surface area contributed by atoms with Crippen molar-refractivity contribution in [1.29, 1.82) is 0 Å². The average molecular weight is 253 g/mol. The summed E-state index contributed by atoms with van der Waals surface area (Å²) in [6.07, 6.45) is 3.91. The van der Waals surface area contributed by atoms with Gasteiger partial charge in [0.2, 0.25) is 0 Å². The van der Waals surface area contributed by atoms with Gasteiger partial charge in [0.15, 0.2) is 0 Å². The third kappa shape index (κ3) is 3.76. The van der Waals surface area contributed by atoms with Gasteiger partial charge in [-0.25, -0.2) is 4.98 Å². The van der Waals surface area contributed by atoms with Crippen molar-refractivity contribution in [2.45, 2.75) is 58.7 Å². The zero-order chi connectivity index (χ0) is 12.3. The van der Waals surface area contributed by atoms with Crippen molar-refractivity contribution >= 4 is 11.3 Å². The Balaban J connectivity index is 1.75. The van der Waals surface area contributed by atoms with Gasteiger partial charge < -0.3 is 10.6 Å². The number of aromatic nitrogens is 1. The first-order chi connectivity index (χ1) is 8.15. The van der Waals surface area contributed by atoms with Crippen LogP contribution in [0.3, 0.4) is 0 Å². The molecule has 0 radical (unpaired) electrons. The number of nitrogens with zero attached hydrogens (tertiary/aromatic N) is 1. The molecule has 0 spiro atoms. The van der Waals surface area contributed by atoms with Crippen molar-refractivity contribution in [3.8, 4) is 0 Å². The molecule has 2 unspecified atom stereocenters. The molecule has 2 atom stereocenters. The van der Waals surface area contributed by atoms with Crippen LogP contribution in [0.25, 0.3) is 0 Å². The van der Waals surface area contributed by atoms with E-state index in [0.717, 1.165) is 12.6 Å². The molecule has 1 fully saturated rings. The van der Waals surface area contributed by atoms with Gasteiger partial charge in [0, 0.05) is 23.5 Å². The number of hydrogen-bond acceptors (Lipinski definition) is 4. The maximum atomic E-state index is 4.46. The topological polar surface area (TPSA) is 37.0 Å². The van der Waals surface area contributed by atoms with Crippen LogP contribution in [0.2, 0.25) is 0 Å². The van der Waals surface area contributed by atoms with Crippen molar-refractivity contribution in [3.63, 3.8) is 0 Å². The molecule has 3 nitrogen and oxygen atoms in total. The molecule has 2 rings (SSSR count). The fraction of sp³-hybridized carbons (Fsp3) is 0.769. The van der Waals surface area contributed by atoms with E-state index in [2.05, 4.69) is 36.4 Å². The van der Waals surface area contributed by atoms with E-state index in [0.29, 0.717) is 6.04 Å². The van der Waals surface area contributed by atoms with Gasteiger partial charge >= 0.3 is 0 Å². The molecule has 0 amide bonds. The summed E-state index contributed by atoms with van der Waals surface area (Å²) in [5.74, 6) is 0. The fourth-order valence-corrected chi connectivity index (χ4v) is 3.36. The molecule has 1 aromatic rings. The lowest BCUT2D eigenvalue weighted by Gasteiger charge is -2.18. The fourth-order valence-electron chi connectivity index (χ4n) is 2.47. The summed E-state index contributed by atoms with van der Waals surface area (Å²) in [6, 6.07) is 1.30. The molecule has 0 bridgehead atoms. The van der Waals surface area contributed by atoms with Crippen LogP contribution in [0.5, 0.6) is 0 Å². The molecule has 17 heavy (non-hydrogen) atoms. The smallest absolute Gasteiger partial charge is 0.0900 e. The molecule has 0 saturated carbocycles. The highest BCUT2D eigenvalue weighted by Gasteiger charge is 2.17. The van der Waals surface area contributed by atoms with Crippen LogP contribution in [0.15, 0.2) is 0 Å². The largest absolute Gasteiger partial charge is 0.314 e. The van der Waals surface area contributed by atoms with Crippen molar-refractivity contribution in [2.75, 3.05) is 6.54 Å². The normalized spacial score (nSPS) is 21.9. The predicted molar refractivity (Wildman–Crippen MR) is 73.5 cm³/mol. The Morgan fingerprint density at radius 1 is 1.53 bits per heavy atom. The Morgan fingerprint density at radius 3 is 2.94 bits per heavy atom. The minimum atomic E-state index is 0.576. The van der Waals surface area contributed by atoms with Crippen LogP contribution in [0, 0.1) is 13.8 Å². The SMILES string of the molecule is Cc1nc(C)c(CNC(C)CC2CCCN2)s1. The molecule has 1 aromatic heterocycles. The van der Waals surface area contributed by atoms with E-state index in [1.54, 1.807) is 0 Å². The third-order valence-electron chi connectivity index (χ3n) is 3.41. The quantitative estimate of drug-likeness (QED) is 0.846. The van der Waals surface area contributed by atoms with Gasteiger partial charge in [-0.2, -0.15) is 0 Å². The van der Waals surface area contributed by atoms with E-state index in [9.17, 15) is 0 Å². The summed E-state index contributed by atoms with van der Waals surface area (Å²) in [5.41, 5.74) is 1.19. The lowest BCUT2D eigenvalue weighted by molar-refractivity contribution is 0.441. The molecule has 1 saturated heterocycles. The van der Waals surface area contributed by atoms with Gasteiger partial charge in [0.05, 0.1) is 10.7 Å². The van der Waals surface area contributed by atoms with Crippen molar-refractivity contribution < 1.29 is 0 Å². The zero-order valence-corrected chi connectivity index (χ0v) is 11.9. The van der Waals surface area contributed by atoms with Crippen LogP contribution >= 0.6 is 11.3 Å². The second-order valence-corrected chi connectivity index (χ2v) is 6.34. The van der Waals surface area contributed by atoms with Crippen LogP contribution < -0.4 is 10.6 Å². The highest BCUT2D eigenvalue weighted by atomic mass is 32.1. The molecule has 1 aliphatic heterocycles. The molecule has 2 N–H and O–H groups in total. The monoisotopic (exact) mass is 253 g/mol. The lowest BCUT2D eigenvalue weighted by atomic mass is 10.1. The summed E-state index contributed by atoms with van der Waals surface area (Å²) in [5, 5.41) is 8.33. The summed E-state index contributed by atoms with van der Waals surface area (Å²) >= 11 is 1.81. The molecule has 96 valence electrons. The number of aryl methyl sites for hydroxylation is 2. The number of rotatable bonds is 5. The highest BCUT2D eigenvalue weighted by Crippen LogP contribution is 2.17. The zero-order valence-electron chi connectivity index (χ0n) is 11.0. The maximum Gasteiger partial charge on any atom is 0.0900 e. The van der Waals surface area contributed by atoms with Crippen LogP contribution in [0.1, 0.15) is 41.8 Å². The Morgan fingerprint density at radius 2 is 2.35 bits per heavy atom. The van der Waals surface area contributed by atoms with Crippen molar-refractivity contribution in [3.05, 3.63) is 15.6 Å². The third-order valence-corrected chi connectivity index (χ3v) is 4.48. The van der Waals surface area contributed by atoms with Crippen molar-refractivity contribution in [2.24, 2.45) is 0 Å². The number of hydrogen-bond donors (Lipinski definition) is 2. The molecular formula is C13H23N3S. The Bertz CT molecular complexity index is 356. The summed E-state index contributed by atoms with van der Waals surface area (Å²) in [7, 11) is 0. The van der Waals surface area contributed by atoms with E-state index >= 15 is 0 Å². The van der Waals surface area contributed by atoms with Gasteiger partial charge in [-0.3, -0.25) is 0 Å². The molecule has 4 heteroatoms. The summed E-state index contributed by atoms with van der Waals surface area (Å²) in [6.45, 7) is 8.62. The Labute approximate surface area is 108 Å². The number of nitrogens with one attached hydrogen (secondary N) is 2. The summed E-state index contributed by atoms with van der Waals surface area (Å²) in [4.78, 5) is 5.84. The average Bonchev–Trinajstić information content (AvgIpc) is 2.86. The molecule has 0 aliphatic carbocycles. The standard InChI is InChI=1S/C13H23N3S/c1-9(7-12-5-4-6-14-12)15-8-13-10(2)16-11(3)17-13/h9,12,14-15H,4-8H2,1-3H3. The van der Waals surface area contributed by atoms with E-state index in [4.69, 9.17) is 0 Å². The minimum absolute atomic E-state index is 0.576. The second-order valence-electron chi connectivity index (χ2n) is 5.05. The lowest BCUT2D eigenvalue weighted by Crippen LogP contribution is -2.33. The van der Waals surface area contributed by atoms with Gasteiger partial charge in [0.1, 0.15) is 0 Å². The van der Waals surface area contributed by atoms with Crippen molar-refractivity contribution in [1.82, 2.24) is 15.6 Å². The first-order valence-electron chi connectivity index (χ1n) is 6.55. The molecule has 1 aliphatic rings. The van der Waals surface area contributed by atoms with Crippen LogP contribution in [-0.2, 0) is 6.54 Å². The molecule has 0 aromatic carbocycles. The van der Waals surface area contributed by atoms with Gasteiger partial charge in [-0.15, -0.1) is 11.3 Å². The van der Waals surface area contributed by atoms with Gasteiger partial charge in [0.25, 0.3) is 0 Å². The van der Waals surface area contributed by atoms with E-state index in [1.807, 2.05) is 11.3 Å². The highest BCUT2D eigenvalue weighted by molar-refractivity contribution is 7.11. The second kappa shape index (κ2) is 5.94. The first kappa shape index (κ1) is 13.0. The minimum Gasteiger partial charge on any atom is -0.314 e. The van der Waals surface area contributed by atoms with Crippen LogP contribution in [-0.4, -0.2) is 23.6 Å². The maximum absolute atomic E-state index is 4.46. The Kier molecular flexibility index (Phi) is 4.54. The summed E-state index contributed by atoms with van der Waals surface area (Å²) < 4.78 is 0. The van der Waals surface area contributed by atoms with E-state index in [1.165, 1.54) is 41.4 Å². The Hall–Kier alpha value is -0.450. The van der Waals surface area contributed by atoms with E-state index < -0.39 is 0 Å².